The standard InChI is InChI=1S/C7H14N2O/c1-5(6(8)10)7(9)3-2-4-7/h5H,2-4,9H2,1H3,(H2,8,10). The molecule has 1 saturated carbocycles. The van der Waals surface area contributed by atoms with E-state index in [1.165, 1.54) is 0 Å². The van der Waals surface area contributed by atoms with Crippen LogP contribution >= 0.6 is 0 Å². The molecule has 10 heavy (non-hydrogen) atoms. The topological polar surface area (TPSA) is 69.1 Å². The first kappa shape index (κ1) is 7.54. The Labute approximate surface area is 60.8 Å². The molecule has 1 aliphatic carbocycles. The lowest BCUT2D eigenvalue weighted by Crippen LogP contribution is -2.55. The van der Waals surface area contributed by atoms with E-state index >= 15 is 0 Å². The maximum Gasteiger partial charge on any atom is 0.222 e. The predicted octanol–water partition coefficient (Wildman–Crippen LogP) is -0.0108. The lowest BCUT2D eigenvalue weighted by Gasteiger charge is -2.41. The molecule has 4 N–H and O–H groups in total. The van der Waals surface area contributed by atoms with Crippen LogP contribution in [0.1, 0.15) is 26.2 Å². The molecule has 1 rings (SSSR count). The van der Waals surface area contributed by atoms with Gasteiger partial charge in [0.1, 0.15) is 0 Å². The van der Waals surface area contributed by atoms with Gasteiger partial charge in [0.05, 0.1) is 5.92 Å². The highest BCUT2D eigenvalue weighted by Crippen LogP contribution is 2.35. The van der Waals surface area contributed by atoms with Crippen molar-refractivity contribution in [1.29, 1.82) is 0 Å². The monoisotopic (exact) mass is 142 g/mol. The van der Waals surface area contributed by atoms with Crippen LogP contribution in [0.25, 0.3) is 0 Å². The van der Waals surface area contributed by atoms with Crippen LogP contribution in [0.2, 0.25) is 0 Å². The minimum atomic E-state index is -0.276. The van der Waals surface area contributed by atoms with Crippen LogP contribution in [-0.2, 0) is 4.79 Å². The summed E-state index contributed by atoms with van der Waals surface area (Å²) in [6.45, 7) is 1.81. The minimum Gasteiger partial charge on any atom is -0.369 e. The lowest BCUT2D eigenvalue weighted by molar-refractivity contribution is -0.124. The Kier molecular flexibility index (Phi) is 1.68. The van der Waals surface area contributed by atoms with Gasteiger partial charge in [-0.15, -0.1) is 0 Å². The molecule has 3 nitrogen and oxygen atoms in total. The van der Waals surface area contributed by atoms with Gasteiger partial charge >= 0.3 is 0 Å². The van der Waals surface area contributed by atoms with Gasteiger partial charge < -0.3 is 11.5 Å². The number of carbonyl (C=O) groups excluding carboxylic acids is 1. The highest BCUT2D eigenvalue weighted by atomic mass is 16.1. The van der Waals surface area contributed by atoms with E-state index in [1.807, 2.05) is 6.92 Å². The predicted molar refractivity (Wildman–Crippen MR) is 39.1 cm³/mol. The van der Waals surface area contributed by atoms with Crippen molar-refractivity contribution >= 4 is 5.91 Å². The van der Waals surface area contributed by atoms with Crippen molar-refractivity contribution in [3.63, 3.8) is 0 Å². The summed E-state index contributed by atoms with van der Waals surface area (Å²) in [5, 5.41) is 0. The number of rotatable bonds is 2. The molecule has 0 radical (unpaired) electrons. The van der Waals surface area contributed by atoms with Crippen molar-refractivity contribution in [2.75, 3.05) is 0 Å². The van der Waals surface area contributed by atoms with Gasteiger partial charge in [0.15, 0.2) is 0 Å². The van der Waals surface area contributed by atoms with Crippen molar-refractivity contribution < 1.29 is 4.79 Å². The van der Waals surface area contributed by atoms with Crippen molar-refractivity contribution in [3.05, 3.63) is 0 Å². The average molecular weight is 142 g/mol. The first-order valence-electron chi connectivity index (χ1n) is 3.64. The van der Waals surface area contributed by atoms with Crippen molar-refractivity contribution in [2.45, 2.75) is 31.7 Å². The highest BCUT2D eigenvalue weighted by Gasteiger charge is 2.40. The van der Waals surface area contributed by atoms with Gasteiger partial charge in [0.2, 0.25) is 5.91 Å². The first-order valence-corrected chi connectivity index (χ1v) is 3.64. The fraction of sp³-hybridized carbons (Fsp3) is 0.857. The minimum absolute atomic E-state index is 0.166. The first-order chi connectivity index (χ1) is 4.56. The molecular formula is C7H14N2O. The molecular weight excluding hydrogens is 128 g/mol. The molecule has 1 aliphatic rings. The number of nitrogens with two attached hydrogens (primary N) is 2. The van der Waals surface area contributed by atoms with E-state index in [1.54, 1.807) is 0 Å². The van der Waals surface area contributed by atoms with Crippen molar-refractivity contribution in [2.24, 2.45) is 17.4 Å². The molecule has 0 spiro atoms. The van der Waals surface area contributed by atoms with E-state index in [2.05, 4.69) is 0 Å². The van der Waals surface area contributed by atoms with Crippen molar-refractivity contribution in [3.8, 4) is 0 Å². The zero-order valence-electron chi connectivity index (χ0n) is 6.26. The molecule has 1 atom stereocenters. The van der Waals surface area contributed by atoms with E-state index in [0.29, 0.717) is 0 Å². The van der Waals surface area contributed by atoms with Gasteiger partial charge in [-0.05, 0) is 19.3 Å². The third-order valence-electron chi connectivity index (χ3n) is 2.57. The summed E-state index contributed by atoms with van der Waals surface area (Å²) in [7, 11) is 0. The Morgan fingerprint density at radius 3 is 2.20 bits per heavy atom. The summed E-state index contributed by atoms with van der Waals surface area (Å²) in [5.74, 6) is -0.441. The molecule has 0 aromatic heterocycles. The van der Waals surface area contributed by atoms with Crippen LogP contribution in [-0.4, -0.2) is 11.4 Å². The smallest absolute Gasteiger partial charge is 0.222 e. The molecule has 0 saturated heterocycles. The van der Waals surface area contributed by atoms with Gasteiger partial charge in [-0.1, -0.05) is 6.92 Å². The quantitative estimate of drug-likeness (QED) is 0.569. The second-order valence-corrected chi connectivity index (χ2v) is 3.21. The summed E-state index contributed by atoms with van der Waals surface area (Å²) in [6, 6.07) is 0. The van der Waals surface area contributed by atoms with E-state index in [0.717, 1.165) is 19.3 Å². The van der Waals surface area contributed by atoms with E-state index in [9.17, 15) is 4.79 Å². The third-order valence-corrected chi connectivity index (χ3v) is 2.57. The molecule has 58 valence electrons. The largest absolute Gasteiger partial charge is 0.369 e. The van der Waals surface area contributed by atoms with Gasteiger partial charge in [-0.2, -0.15) is 0 Å². The van der Waals surface area contributed by atoms with E-state index in [4.69, 9.17) is 11.5 Å². The molecule has 0 heterocycles. The fourth-order valence-corrected chi connectivity index (χ4v) is 1.30. The van der Waals surface area contributed by atoms with Crippen LogP contribution < -0.4 is 11.5 Å². The second kappa shape index (κ2) is 2.23. The summed E-state index contributed by atoms with van der Waals surface area (Å²) in [5.41, 5.74) is 10.7. The Morgan fingerprint density at radius 1 is 1.60 bits per heavy atom. The molecule has 0 aromatic rings. The lowest BCUT2D eigenvalue weighted by atomic mass is 9.69. The zero-order valence-corrected chi connectivity index (χ0v) is 6.26. The Morgan fingerprint density at radius 2 is 2.10 bits per heavy atom. The third kappa shape index (κ3) is 1.01. The number of amides is 1. The SMILES string of the molecule is CC(C(N)=O)C1(N)CCC1. The van der Waals surface area contributed by atoms with Crippen LogP contribution in [0.15, 0.2) is 0 Å². The molecule has 0 aliphatic heterocycles. The van der Waals surface area contributed by atoms with Crippen LogP contribution in [0, 0.1) is 5.92 Å². The van der Waals surface area contributed by atoms with E-state index in [-0.39, 0.29) is 17.4 Å². The molecule has 1 fully saturated rings. The number of primary amides is 1. The molecule has 1 unspecified atom stereocenters. The average Bonchev–Trinajstić information content (AvgIpc) is 1.81. The molecule has 0 bridgehead atoms. The zero-order chi connectivity index (χ0) is 7.78. The summed E-state index contributed by atoms with van der Waals surface area (Å²) in [6.07, 6.45) is 3.02. The van der Waals surface area contributed by atoms with Crippen LogP contribution in [0.3, 0.4) is 0 Å². The second-order valence-electron chi connectivity index (χ2n) is 3.21. The number of carbonyl (C=O) groups is 1. The molecule has 0 aromatic carbocycles. The Bertz CT molecular complexity index is 152. The number of hydrogen-bond acceptors (Lipinski definition) is 2. The Hall–Kier alpha value is -0.570. The van der Waals surface area contributed by atoms with E-state index < -0.39 is 0 Å². The Balaban J connectivity index is 2.54. The van der Waals surface area contributed by atoms with Gasteiger partial charge in [0.25, 0.3) is 0 Å². The van der Waals surface area contributed by atoms with Gasteiger partial charge in [0, 0.05) is 5.54 Å². The summed E-state index contributed by atoms with van der Waals surface area (Å²) < 4.78 is 0. The van der Waals surface area contributed by atoms with Crippen LogP contribution in [0.4, 0.5) is 0 Å². The summed E-state index contributed by atoms with van der Waals surface area (Å²) in [4.78, 5) is 10.7. The molecule has 3 heteroatoms. The summed E-state index contributed by atoms with van der Waals surface area (Å²) >= 11 is 0. The maximum atomic E-state index is 10.7. The van der Waals surface area contributed by atoms with Gasteiger partial charge in [-0.3, -0.25) is 4.79 Å². The highest BCUT2D eigenvalue weighted by molar-refractivity contribution is 5.77. The van der Waals surface area contributed by atoms with Crippen molar-refractivity contribution in [1.82, 2.24) is 0 Å². The maximum absolute atomic E-state index is 10.7. The fourth-order valence-electron chi connectivity index (χ4n) is 1.30. The number of hydrogen-bond donors (Lipinski definition) is 2. The van der Waals surface area contributed by atoms with Crippen LogP contribution in [0.5, 0.6) is 0 Å². The normalized spacial score (nSPS) is 25.0. The van der Waals surface area contributed by atoms with Gasteiger partial charge in [-0.25, -0.2) is 0 Å². The molecule has 1 amide bonds.